The number of hydrogen-bond acceptors (Lipinski definition) is 3. The van der Waals surface area contributed by atoms with Crippen LogP contribution < -0.4 is 5.32 Å². The number of rotatable bonds is 2. The average molecular weight is 269 g/mol. The molecule has 100 valence electrons. The third-order valence-electron chi connectivity index (χ3n) is 3.34. The van der Waals surface area contributed by atoms with E-state index in [1.54, 1.807) is 0 Å². The number of halogens is 1. The monoisotopic (exact) mass is 269 g/mol. The maximum Gasteiger partial charge on any atom is 0.146 e. The second-order valence-corrected chi connectivity index (χ2v) is 4.58. The quantitative estimate of drug-likeness (QED) is 0.824. The van der Waals surface area contributed by atoms with Crippen LogP contribution in [0.1, 0.15) is 22.7 Å². The van der Waals surface area contributed by atoms with E-state index in [2.05, 4.69) is 5.32 Å². The minimum atomic E-state index is -0.674. The summed E-state index contributed by atoms with van der Waals surface area (Å²) in [5, 5.41) is 13.3. The SMILES string of the molecule is O=CC1NC(c2ccccc2)=C(O)c2ccc(F)cc21. The molecule has 1 aliphatic rings. The molecule has 1 atom stereocenters. The van der Waals surface area contributed by atoms with E-state index in [1.165, 1.54) is 18.2 Å². The summed E-state index contributed by atoms with van der Waals surface area (Å²) in [7, 11) is 0. The molecule has 0 aliphatic carbocycles. The molecule has 0 saturated heterocycles. The van der Waals surface area contributed by atoms with Crippen molar-refractivity contribution in [1.29, 1.82) is 0 Å². The van der Waals surface area contributed by atoms with Gasteiger partial charge in [0.05, 0.1) is 5.70 Å². The fourth-order valence-electron chi connectivity index (χ4n) is 2.38. The van der Waals surface area contributed by atoms with E-state index in [-0.39, 0.29) is 5.76 Å². The summed E-state index contributed by atoms with van der Waals surface area (Å²) in [5.41, 5.74) is 2.16. The highest BCUT2D eigenvalue weighted by atomic mass is 19.1. The molecule has 1 heterocycles. The zero-order chi connectivity index (χ0) is 14.1. The summed E-state index contributed by atoms with van der Waals surface area (Å²) in [4.78, 5) is 11.2. The van der Waals surface area contributed by atoms with E-state index in [1.807, 2.05) is 30.3 Å². The molecule has 0 amide bonds. The number of benzene rings is 2. The van der Waals surface area contributed by atoms with Crippen LogP contribution in [0, 0.1) is 5.82 Å². The van der Waals surface area contributed by atoms with Crippen molar-refractivity contribution < 1.29 is 14.3 Å². The Morgan fingerprint density at radius 1 is 1.15 bits per heavy atom. The number of carbonyl (C=O) groups is 1. The Kier molecular flexibility index (Phi) is 2.99. The second kappa shape index (κ2) is 4.81. The lowest BCUT2D eigenvalue weighted by atomic mass is 9.93. The number of aliphatic hydroxyl groups excluding tert-OH is 1. The topological polar surface area (TPSA) is 49.3 Å². The zero-order valence-electron chi connectivity index (χ0n) is 10.5. The molecule has 3 rings (SSSR count). The molecule has 0 spiro atoms. The Morgan fingerprint density at radius 3 is 2.60 bits per heavy atom. The van der Waals surface area contributed by atoms with Crippen LogP contribution in [0.2, 0.25) is 0 Å². The molecular formula is C16H12FNO2. The Bertz CT molecular complexity index is 695. The summed E-state index contributed by atoms with van der Waals surface area (Å²) in [5.74, 6) is -0.419. The van der Waals surface area contributed by atoms with Crippen LogP contribution in [0.3, 0.4) is 0 Å². The normalized spacial score (nSPS) is 17.4. The highest BCUT2D eigenvalue weighted by Crippen LogP contribution is 2.34. The van der Waals surface area contributed by atoms with Crippen LogP contribution in [-0.2, 0) is 4.79 Å². The molecule has 0 radical (unpaired) electrons. The van der Waals surface area contributed by atoms with E-state index in [4.69, 9.17) is 0 Å². The molecule has 0 fully saturated rings. The first-order valence-corrected chi connectivity index (χ1v) is 6.21. The predicted molar refractivity (Wildman–Crippen MR) is 74.2 cm³/mol. The van der Waals surface area contributed by atoms with Crippen LogP contribution in [0.15, 0.2) is 48.5 Å². The van der Waals surface area contributed by atoms with Gasteiger partial charge in [0.2, 0.25) is 0 Å². The molecule has 1 unspecified atom stereocenters. The maximum atomic E-state index is 13.3. The largest absolute Gasteiger partial charge is 0.505 e. The third-order valence-corrected chi connectivity index (χ3v) is 3.34. The lowest BCUT2D eigenvalue weighted by Gasteiger charge is -2.26. The standard InChI is InChI=1S/C16H12FNO2/c17-11-6-7-12-13(8-11)14(9-19)18-15(16(12)20)10-4-2-1-3-5-10/h1-9,14,18,20H. The van der Waals surface area contributed by atoms with Gasteiger partial charge >= 0.3 is 0 Å². The zero-order valence-corrected chi connectivity index (χ0v) is 10.5. The Labute approximate surface area is 115 Å². The number of fused-ring (bicyclic) bond motifs is 1. The van der Waals surface area contributed by atoms with Gasteiger partial charge < -0.3 is 15.2 Å². The molecule has 2 aromatic carbocycles. The van der Waals surface area contributed by atoms with E-state index >= 15 is 0 Å². The minimum absolute atomic E-state index is 0.0179. The number of aldehydes is 1. The smallest absolute Gasteiger partial charge is 0.146 e. The molecule has 1 aliphatic heterocycles. The van der Waals surface area contributed by atoms with Crippen LogP contribution in [-0.4, -0.2) is 11.4 Å². The second-order valence-electron chi connectivity index (χ2n) is 4.58. The lowest BCUT2D eigenvalue weighted by Crippen LogP contribution is -2.27. The van der Waals surface area contributed by atoms with Crippen LogP contribution in [0.5, 0.6) is 0 Å². The van der Waals surface area contributed by atoms with Crippen LogP contribution >= 0.6 is 0 Å². The van der Waals surface area contributed by atoms with Crippen molar-refractivity contribution in [2.24, 2.45) is 0 Å². The maximum absolute atomic E-state index is 13.3. The molecule has 3 nitrogen and oxygen atoms in total. The Balaban J connectivity index is 2.20. The van der Waals surface area contributed by atoms with Crippen molar-refractivity contribution >= 4 is 17.7 Å². The fraction of sp³-hybridized carbons (Fsp3) is 0.0625. The molecular weight excluding hydrogens is 257 g/mol. The fourth-order valence-corrected chi connectivity index (χ4v) is 2.38. The highest BCUT2D eigenvalue weighted by Gasteiger charge is 2.26. The molecule has 0 bridgehead atoms. The van der Waals surface area contributed by atoms with Gasteiger partial charge in [-0.25, -0.2) is 4.39 Å². The van der Waals surface area contributed by atoms with Gasteiger partial charge in [0, 0.05) is 11.1 Å². The number of nitrogens with one attached hydrogen (secondary N) is 1. The third kappa shape index (κ3) is 1.95. The van der Waals surface area contributed by atoms with Crippen molar-refractivity contribution in [2.45, 2.75) is 6.04 Å². The van der Waals surface area contributed by atoms with Gasteiger partial charge in [-0.05, 0) is 23.8 Å². The summed E-state index contributed by atoms with van der Waals surface area (Å²) in [6.07, 6.45) is 0.702. The summed E-state index contributed by atoms with van der Waals surface area (Å²) in [6, 6.07) is 12.5. The Hall–Kier alpha value is -2.62. The Morgan fingerprint density at radius 2 is 1.90 bits per heavy atom. The van der Waals surface area contributed by atoms with Crippen molar-refractivity contribution in [3.8, 4) is 0 Å². The number of hydrogen-bond donors (Lipinski definition) is 2. The van der Waals surface area contributed by atoms with Gasteiger partial charge in [-0.15, -0.1) is 0 Å². The molecule has 2 N–H and O–H groups in total. The summed E-state index contributed by atoms with van der Waals surface area (Å²) in [6.45, 7) is 0. The lowest BCUT2D eigenvalue weighted by molar-refractivity contribution is -0.109. The molecule has 2 aromatic rings. The van der Waals surface area contributed by atoms with Gasteiger partial charge in [-0.1, -0.05) is 30.3 Å². The van der Waals surface area contributed by atoms with Gasteiger partial charge in [-0.3, -0.25) is 0 Å². The van der Waals surface area contributed by atoms with Gasteiger partial charge in [0.25, 0.3) is 0 Å². The van der Waals surface area contributed by atoms with Gasteiger partial charge in [0.15, 0.2) is 0 Å². The minimum Gasteiger partial charge on any atom is -0.505 e. The molecule has 20 heavy (non-hydrogen) atoms. The van der Waals surface area contributed by atoms with Crippen LogP contribution in [0.4, 0.5) is 4.39 Å². The molecule has 0 aromatic heterocycles. The van der Waals surface area contributed by atoms with Crippen molar-refractivity contribution in [1.82, 2.24) is 5.32 Å². The average Bonchev–Trinajstić information content (AvgIpc) is 2.48. The predicted octanol–water partition coefficient (Wildman–Crippen LogP) is 3.05. The van der Waals surface area contributed by atoms with E-state index < -0.39 is 11.9 Å². The first-order valence-electron chi connectivity index (χ1n) is 6.21. The van der Waals surface area contributed by atoms with Crippen molar-refractivity contribution in [3.63, 3.8) is 0 Å². The van der Waals surface area contributed by atoms with Crippen molar-refractivity contribution in [3.05, 3.63) is 71.0 Å². The number of aliphatic hydroxyl groups is 1. The first kappa shape index (κ1) is 12.4. The van der Waals surface area contributed by atoms with E-state index in [9.17, 15) is 14.3 Å². The van der Waals surface area contributed by atoms with E-state index in [0.717, 1.165) is 5.56 Å². The van der Waals surface area contributed by atoms with E-state index in [0.29, 0.717) is 23.1 Å². The number of carbonyl (C=O) groups excluding carboxylic acids is 1. The van der Waals surface area contributed by atoms with Gasteiger partial charge in [0.1, 0.15) is 23.9 Å². The molecule has 0 saturated carbocycles. The highest BCUT2D eigenvalue weighted by molar-refractivity contribution is 5.91. The van der Waals surface area contributed by atoms with Crippen LogP contribution in [0.25, 0.3) is 11.5 Å². The van der Waals surface area contributed by atoms with Crippen molar-refractivity contribution in [2.75, 3.05) is 0 Å². The van der Waals surface area contributed by atoms with Gasteiger partial charge in [-0.2, -0.15) is 0 Å². The molecule has 4 heteroatoms. The first-order chi connectivity index (χ1) is 9.70. The summed E-state index contributed by atoms with van der Waals surface area (Å²) < 4.78 is 13.3. The summed E-state index contributed by atoms with van der Waals surface area (Å²) >= 11 is 0.